The van der Waals surface area contributed by atoms with E-state index in [0.717, 1.165) is 12.5 Å². The van der Waals surface area contributed by atoms with Gasteiger partial charge in [0.05, 0.1) is 12.2 Å². The Morgan fingerprint density at radius 1 is 0.857 bits per heavy atom. The molecule has 0 radical (unpaired) electrons. The molecule has 1 heteroatoms. The lowest BCUT2D eigenvalue weighted by Crippen LogP contribution is -2.55. The molecule has 82 valence electrons. The van der Waals surface area contributed by atoms with Crippen LogP contribution in [0.25, 0.3) is 0 Å². The Kier molecular flexibility index (Phi) is 2.42. The zero-order chi connectivity index (χ0) is 10.4. The molecule has 0 atom stereocenters. The second-order valence-electron chi connectivity index (χ2n) is 6.03. The molecule has 3 fully saturated rings. The third kappa shape index (κ3) is 1.32. The van der Waals surface area contributed by atoms with Crippen molar-refractivity contribution < 1.29 is 4.74 Å². The van der Waals surface area contributed by atoms with Crippen LogP contribution in [0.5, 0.6) is 0 Å². The second kappa shape index (κ2) is 3.23. The third-order valence-corrected chi connectivity index (χ3v) is 5.02. The Morgan fingerprint density at radius 2 is 1.43 bits per heavy atom. The van der Waals surface area contributed by atoms with Gasteiger partial charge < -0.3 is 4.74 Å². The van der Waals surface area contributed by atoms with E-state index in [4.69, 9.17) is 4.74 Å². The molecule has 14 heavy (non-hydrogen) atoms. The van der Waals surface area contributed by atoms with Crippen LogP contribution in [0.4, 0.5) is 0 Å². The third-order valence-electron chi connectivity index (χ3n) is 5.02. The van der Waals surface area contributed by atoms with Crippen LogP contribution in [0.1, 0.15) is 53.4 Å². The van der Waals surface area contributed by atoms with Crippen LogP contribution in [0, 0.1) is 17.3 Å². The summed E-state index contributed by atoms with van der Waals surface area (Å²) in [6.45, 7) is 10.4. The van der Waals surface area contributed by atoms with E-state index in [1.54, 1.807) is 0 Å². The van der Waals surface area contributed by atoms with Crippen LogP contribution in [0.15, 0.2) is 0 Å². The maximum atomic E-state index is 6.19. The fraction of sp³-hybridized carbons (Fsp3) is 1.00. The van der Waals surface area contributed by atoms with Gasteiger partial charge in [0.1, 0.15) is 0 Å². The fourth-order valence-electron chi connectivity index (χ4n) is 3.24. The number of ether oxygens (including phenoxy) is 1. The standard InChI is InChI=1S/C13H24O/c1-10(2)12-5-7-13(8-6-12,11(3)4)14-9-12/h10-11H,5-9H2,1-4H3. The Labute approximate surface area is 88.2 Å². The van der Waals surface area contributed by atoms with Crippen molar-refractivity contribution in [1.82, 2.24) is 0 Å². The summed E-state index contributed by atoms with van der Waals surface area (Å²) in [4.78, 5) is 0. The second-order valence-corrected chi connectivity index (χ2v) is 6.03. The molecule has 0 aromatic heterocycles. The minimum absolute atomic E-state index is 0.247. The predicted octanol–water partition coefficient (Wildman–Crippen LogP) is 3.63. The van der Waals surface area contributed by atoms with Gasteiger partial charge in [0.2, 0.25) is 0 Å². The first-order valence-corrected chi connectivity index (χ1v) is 6.15. The summed E-state index contributed by atoms with van der Waals surface area (Å²) >= 11 is 0. The molecule has 3 aliphatic rings. The molecule has 2 bridgehead atoms. The average Bonchev–Trinajstić information content (AvgIpc) is 2.20. The van der Waals surface area contributed by atoms with Gasteiger partial charge in [0.15, 0.2) is 0 Å². The van der Waals surface area contributed by atoms with Crippen LogP contribution < -0.4 is 0 Å². The summed E-state index contributed by atoms with van der Waals surface area (Å²) in [6.07, 6.45) is 5.37. The lowest BCUT2D eigenvalue weighted by molar-refractivity contribution is -0.214. The Bertz CT molecular complexity index is 169. The van der Waals surface area contributed by atoms with Gasteiger partial charge in [0, 0.05) is 0 Å². The van der Waals surface area contributed by atoms with Crippen LogP contribution >= 0.6 is 0 Å². The first-order valence-electron chi connectivity index (χ1n) is 6.15. The van der Waals surface area contributed by atoms with Gasteiger partial charge in [-0.15, -0.1) is 0 Å². The van der Waals surface area contributed by atoms with Gasteiger partial charge in [-0.2, -0.15) is 0 Å². The van der Waals surface area contributed by atoms with Crippen molar-refractivity contribution in [2.45, 2.75) is 59.0 Å². The van der Waals surface area contributed by atoms with E-state index >= 15 is 0 Å². The Hall–Kier alpha value is -0.0400. The van der Waals surface area contributed by atoms with Gasteiger partial charge in [0.25, 0.3) is 0 Å². The molecule has 2 aliphatic heterocycles. The Morgan fingerprint density at radius 3 is 1.71 bits per heavy atom. The fourth-order valence-corrected chi connectivity index (χ4v) is 3.24. The number of rotatable bonds is 2. The maximum absolute atomic E-state index is 6.19. The minimum atomic E-state index is 0.247. The number of fused-ring (bicyclic) bond motifs is 3. The number of hydrogen-bond acceptors (Lipinski definition) is 1. The molecule has 0 aromatic carbocycles. The zero-order valence-corrected chi connectivity index (χ0v) is 10.1. The summed E-state index contributed by atoms with van der Waals surface area (Å²) in [7, 11) is 0. The summed E-state index contributed by atoms with van der Waals surface area (Å²) in [5.74, 6) is 1.47. The highest BCUT2D eigenvalue weighted by Gasteiger charge is 2.51. The highest BCUT2D eigenvalue weighted by Crippen LogP contribution is 2.54. The van der Waals surface area contributed by atoms with Crippen molar-refractivity contribution >= 4 is 0 Å². The van der Waals surface area contributed by atoms with Gasteiger partial charge in [-0.1, -0.05) is 27.7 Å². The average molecular weight is 196 g/mol. The molecular weight excluding hydrogens is 172 g/mol. The maximum Gasteiger partial charge on any atom is 0.0706 e. The van der Waals surface area contributed by atoms with Crippen molar-refractivity contribution in [3.63, 3.8) is 0 Å². The summed E-state index contributed by atoms with van der Waals surface area (Å²) < 4.78 is 6.19. The molecule has 2 heterocycles. The molecule has 0 aromatic rings. The van der Waals surface area contributed by atoms with E-state index in [1.807, 2.05) is 0 Å². The largest absolute Gasteiger partial charge is 0.374 e. The highest BCUT2D eigenvalue weighted by atomic mass is 16.5. The smallest absolute Gasteiger partial charge is 0.0706 e. The molecular formula is C13H24O. The van der Waals surface area contributed by atoms with Gasteiger partial charge in [-0.3, -0.25) is 0 Å². The predicted molar refractivity (Wildman–Crippen MR) is 59.3 cm³/mol. The van der Waals surface area contributed by atoms with Gasteiger partial charge in [-0.05, 0) is 42.9 Å². The molecule has 0 spiro atoms. The topological polar surface area (TPSA) is 9.23 Å². The lowest BCUT2D eigenvalue weighted by Gasteiger charge is -2.56. The monoisotopic (exact) mass is 196 g/mol. The van der Waals surface area contributed by atoms with Crippen molar-refractivity contribution in [1.29, 1.82) is 0 Å². The van der Waals surface area contributed by atoms with Crippen LogP contribution in [-0.2, 0) is 4.74 Å². The van der Waals surface area contributed by atoms with E-state index in [2.05, 4.69) is 27.7 Å². The number of hydrogen-bond donors (Lipinski definition) is 0. The van der Waals surface area contributed by atoms with E-state index < -0.39 is 0 Å². The Balaban J connectivity index is 2.13. The van der Waals surface area contributed by atoms with Crippen molar-refractivity contribution in [2.24, 2.45) is 17.3 Å². The van der Waals surface area contributed by atoms with Crippen LogP contribution in [0.3, 0.4) is 0 Å². The van der Waals surface area contributed by atoms with E-state index in [-0.39, 0.29) is 5.60 Å². The molecule has 0 unspecified atom stereocenters. The van der Waals surface area contributed by atoms with Crippen molar-refractivity contribution in [3.05, 3.63) is 0 Å². The van der Waals surface area contributed by atoms with E-state index in [9.17, 15) is 0 Å². The molecule has 1 nitrogen and oxygen atoms in total. The van der Waals surface area contributed by atoms with Gasteiger partial charge >= 0.3 is 0 Å². The summed E-state index contributed by atoms with van der Waals surface area (Å²) in [5.41, 5.74) is 0.771. The minimum Gasteiger partial charge on any atom is -0.374 e. The van der Waals surface area contributed by atoms with Gasteiger partial charge in [-0.25, -0.2) is 0 Å². The summed E-state index contributed by atoms with van der Waals surface area (Å²) in [6, 6.07) is 0. The lowest BCUT2D eigenvalue weighted by atomic mass is 9.59. The molecule has 2 saturated heterocycles. The molecule has 0 N–H and O–H groups in total. The first kappa shape index (κ1) is 10.5. The highest BCUT2D eigenvalue weighted by molar-refractivity contribution is 5.01. The molecule has 0 amide bonds. The quantitative estimate of drug-likeness (QED) is 0.655. The van der Waals surface area contributed by atoms with Crippen LogP contribution in [-0.4, -0.2) is 12.2 Å². The molecule has 1 aliphatic carbocycles. The zero-order valence-electron chi connectivity index (χ0n) is 10.1. The molecule has 3 rings (SSSR count). The van der Waals surface area contributed by atoms with Crippen molar-refractivity contribution in [2.75, 3.05) is 6.61 Å². The SMILES string of the molecule is CC(C)C12CCC(C(C)C)(CC1)OC2. The van der Waals surface area contributed by atoms with Crippen LogP contribution in [0.2, 0.25) is 0 Å². The normalized spacial score (nSPS) is 42.4. The molecule has 1 saturated carbocycles. The first-order chi connectivity index (χ1) is 6.51. The van der Waals surface area contributed by atoms with E-state index in [1.165, 1.54) is 25.7 Å². The van der Waals surface area contributed by atoms with E-state index in [0.29, 0.717) is 11.3 Å². The summed E-state index contributed by atoms with van der Waals surface area (Å²) in [5, 5.41) is 0. The van der Waals surface area contributed by atoms with Crippen molar-refractivity contribution in [3.8, 4) is 0 Å².